The van der Waals surface area contributed by atoms with Gasteiger partial charge in [0.15, 0.2) is 0 Å². The molecule has 0 aromatic rings. The highest BCUT2D eigenvalue weighted by molar-refractivity contribution is 5.69. The number of fused-ring (bicyclic) bond motifs is 5. The Hall–Kier alpha value is -0.690. The maximum absolute atomic E-state index is 12.2. The second kappa shape index (κ2) is 13.5. The molecule has 39 heavy (non-hydrogen) atoms. The van der Waals surface area contributed by atoms with Crippen LogP contribution < -0.4 is 16.8 Å². The van der Waals surface area contributed by atoms with Gasteiger partial charge in [-0.2, -0.15) is 0 Å². The van der Waals surface area contributed by atoms with Crippen LogP contribution in [0, 0.1) is 46.3 Å². The van der Waals surface area contributed by atoms with E-state index in [1.54, 1.807) is 0 Å². The molecular weight excluding hydrogens is 484 g/mol. The third-order valence-corrected chi connectivity index (χ3v) is 12.3. The van der Waals surface area contributed by atoms with Crippen molar-refractivity contribution in [3.05, 3.63) is 0 Å². The minimum Gasteiger partial charge on any atom is -0.463 e. The van der Waals surface area contributed by atoms with Gasteiger partial charge in [0.05, 0.1) is 6.10 Å². The Bertz CT molecular complexity index is 786. The first-order chi connectivity index (χ1) is 18.6. The summed E-state index contributed by atoms with van der Waals surface area (Å²) in [6, 6.07) is 0.671. The Kier molecular flexibility index (Phi) is 10.8. The molecule has 0 saturated heterocycles. The van der Waals surface area contributed by atoms with Crippen molar-refractivity contribution in [3.63, 3.8) is 0 Å². The summed E-state index contributed by atoms with van der Waals surface area (Å²) in [5.41, 5.74) is 12.6. The summed E-state index contributed by atoms with van der Waals surface area (Å²) in [6.45, 7) is 17.0. The topological polar surface area (TPSA) is 93.6 Å². The molecule has 226 valence electrons. The molecular formula is C33H62N4O2. The second-order valence-corrected chi connectivity index (χ2v) is 14.8. The molecule has 6 heteroatoms. The minimum atomic E-state index is -0.0138. The third kappa shape index (κ3) is 6.87. The third-order valence-electron chi connectivity index (χ3n) is 12.3. The maximum Gasteiger partial charge on any atom is 0.306 e. The van der Waals surface area contributed by atoms with Gasteiger partial charge >= 0.3 is 5.97 Å². The lowest BCUT2D eigenvalue weighted by Gasteiger charge is -2.61. The van der Waals surface area contributed by atoms with E-state index in [0.717, 1.165) is 62.2 Å². The van der Waals surface area contributed by atoms with Gasteiger partial charge in [-0.3, -0.25) is 9.69 Å². The summed E-state index contributed by atoms with van der Waals surface area (Å²) in [5.74, 6) is 4.94. The highest BCUT2D eigenvalue weighted by atomic mass is 16.5. The smallest absolute Gasteiger partial charge is 0.306 e. The molecule has 0 aliphatic heterocycles. The van der Waals surface area contributed by atoms with Gasteiger partial charge in [0.25, 0.3) is 0 Å². The average Bonchev–Trinajstić information content (AvgIpc) is 3.24. The average molecular weight is 547 g/mol. The number of carbonyl (C=O) groups is 1. The van der Waals surface area contributed by atoms with Crippen LogP contribution in [-0.4, -0.2) is 62.3 Å². The molecule has 0 bridgehead atoms. The summed E-state index contributed by atoms with van der Waals surface area (Å²) in [7, 11) is 0. The molecule has 0 spiro atoms. The molecule has 0 amide bonds. The molecule has 0 aromatic heterocycles. The van der Waals surface area contributed by atoms with Gasteiger partial charge in [-0.05, 0) is 124 Å². The molecule has 0 heterocycles. The predicted molar refractivity (Wildman–Crippen MR) is 161 cm³/mol. The molecule has 4 rings (SSSR count). The van der Waals surface area contributed by atoms with Crippen molar-refractivity contribution in [1.82, 2.24) is 10.2 Å². The number of ether oxygens (including phenoxy) is 1. The Labute approximate surface area is 240 Å². The van der Waals surface area contributed by atoms with Crippen LogP contribution in [0.1, 0.15) is 105 Å². The van der Waals surface area contributed by atoms with E-state index in [4.69, 9.17) is 16.2 Å². The van der Waals surface area contributed by atoms with Gasteiger partial charge < -0.3 is 21.5 Å². The SMILES string of the molecule is CC(C)OC(=O)CC[C@@H](C)C1CCC2C3CCC4C[C@@H](NCCN(CCN)CCN)CC[C@]4(C)C3CC[C@@]21C. The number of esters is 1. The number of rotatable bonds is 13. The highest BCUT2D eigenvalue weighted by Crippen LogP contribution is 2.68. The van der Waals surface area contributed by atoms with Crippen molar-refractivity contribution in [2.24, 2.45) is 57.8 Å². The summed E-state index contributed by atoms with van der Waals surface area (Å²) in [4.78, 5) is 14.6. The first-order valence-corrected chi connectivity index (χ1v) is 16.7. The van der Waals surface area contributed by atoms with Crippen LogP contribution in [-0.2, 0) is 9.53 Å². The van der Waals surface area contributed by atoms with E-state index in [2.05, 4.69) is 31.0 Å². The van der Waals surface area contributed by atoms with Crippen LogP contribution in [0.25, 0.3) is 0 Å². The largest absolute Gasteiger partial charge is 0.463 e. The number of nitrogens with two attached hydrogens (primary N) is 2. The van der Waals surface area contributed by atoms with E-state index in [1.165, 1.54) is 57.8 Å². The predicted octanol–water partition coefficient (Wildman–Crippen LogP) is 5.19. The normalized spacial score (nSPS) is 38.8. The van der Waals surface area contributed by atoms with Crippen molar-refractivity contribution < 1.29 is 9.53 Å². The summed E-state index contributed by atoms with van der Waals surface area (Å²) in [5, 5.41) is 3.93. The van der Waals surface area contributed by atoms with E-state index in [-0.39, 0.29) is 12.1 Å². The quantitative estimate of drug-likeness (QED) is 0.275. The lowest BCUT2D eigenvalue weighted by atomic mass is 9.44. The Morgan fingerprint density at radius 2 is 1.62 bits per heavy atom. The van der Waals surface area contributed by atoms with Gasteiger partial charge in [0, 0.05) is 51.7 Å². The number of hydrogen-bond acceptors (Lipinski definition) is 6. The zero-order chi connectivity index (χ0) is 28.2. The van der Waals surface area contributed by atoms with Crippen molar-refractivity contribution in [1.29, 1.82) is 0 Å². The number of nitrogens with one attached hydrogen (secondary N) is 1. The zero-order valence-electron chi connectivity index (χ0n) is 26.1. The zero-order valence-corrected chi connectivity index (χ0v) is 26.1. The molecule has 5 N–H and O–H groups in total. The van der Waals surface area contributed by atoms with E-state index >= 15 is 0 Å². The Morgan fingerprint density at radius 3 is 2.31 bits per heavy atom. The summed E-state index contributed by atoms with van der Waals surface area (Å²) >= 11 is 0. The fourth-order valence-corrected chi connectivity index (χ4v) is 10.4. The van der Waals surface area contributed by atoms with Crippen LogP contribution in [0.15, 0.2) is 0 Å². The van der Waals surface area contributed by atoms with Crippen LogP contribution in [0.3, 0.4) is 0 Å². The summed E-state index contributed by atoms with van der Waals surface area (Å²) < 4.78 is 5.43. The van der Waals surface area contributed by atoms with Gasteiger partial charge in [-0.25, -0.2) is 0 Å². The van der Waals surface area contributed by atoms with E-state index in [0.29, 0.717) is 42.3 Å². The van der Waals surface area contributed by atoms with Crippen LogP contribution in [0.5, 0.6) is 0 Å². The van der Waals surface area contributed by atoms with Crippen LogP contribution in [0.4, 0.5) is 0 Å². The van der Waals surface area contributed by atoms with Crippen LogP contribution in [0.2, 0.25) is 0 Å². The molecule has 4 aliphatic carbocycles. The van der Waals surface area contributed by atoms with Gasteiger partial charge in [0.2, 0.25) is 0 Å². The second-order valence-electron chi connectivity index (χ2n) is 14.8. The molecule has 6 nitrogen and oxygen atoms in total. The molecule has 4 saturated carbocycles. The summed E-state index contributed by atoms with van der Waals surface area (Å²) in [6.07, 6.45) is 14.1. The fraction of sp³-hybridized carbons (Fsp3) is 0.970. The first-order valence-electron chi connectivity index (χ1n) is 16.7. The van der Waals surface area contributed by atoms with Gasteiger partial charge in [-0.15, -0.1) is 0 Å². The molecule has 4 fully saturated rings. The lowest BCUT2D eigenvalue weighted by molar-refractivity contribution is -0.148. The van der Waals surface area contributed by atoms with Gasteiger partial charge in [0.1, 0.15) is 0 Å². The minimum absolute atomic E-state index is 0.00756. The van der Waals surface area contributed by atoms with Crippen LogP contribution >= 0.6 is 0 Å². The Morgan fingerprint density at radius 1 is 0.923 bits per heavy atom. The monoisotopic (exact) mass is 546 g/mol. The van der Waals surface area contributed by atoms with E-state index in [9.17, 15) is 4.79 Å². The molecule has 0 radical (unpaired) electrons. The number of nitrogens with zero attached hydrogens (tertiary/aromatic N) is 1. The van der Waals surface area contributed by atoms with E-state index < -0.39 is 0 Å². The Balaban J connectivity index is 1.31. The van der Waals surface area contributed by atoms with Crippen molar-refractivity contribution >= 4 is 5.97 Å². The molecule has 4 aliphatic rings. The first kappa shape index (κ1) is 31.3. The maximum atomic E-state index is 12.2. The molecule has 5 unspecified atom stereocenters. The molecule has 0 aromatic carbocycles. The fourth-order valence-electron chi connectivity index (χ4n) is 10.4. The van der Waals surface area contributed by atoms with Crippen molar-refractivity contribution in [3.8, 4) is 0 Å². The molecule has 9 atom stereocenters. The van der Waals surface area contributed by atoms with Crippen molar-refractivity contribution in [2.45, 2.75) is 117 Å². The van der Waals surface area contributed by atoms with E-state index in [1.807, 2.05) is 13.8 Å². The standard InChI is InChI=1S/C33H62N4O2/c1-23(2)39-31(38)11-6-24(3)28-9-10-29-27-8-7-25-22-26(36-18-21-37(19-16-34)20-17-35)12-14-32(25,4)30(27)13-15-33(28,29)5/h23-30,36H,6-22,34-35H2,1-5H3/t24-,25?,26+,27?,28?,29?,30?,32+,33-/m1/s1. The van der Waals surface area contributed by atoms with Crippen molar-refractivity contribution in [2.75, 3.05) is 39.3 Å². The highest BCUT2D eigenvalue weighted by Gasteiger charge is 2.60. The lowest BCUT2D eigenvalue weighted by Crippen LogP contribution is -2.55. The number of hydrogen-bond donors (Lipinski definition) is 3. The number of carbonyl (C=O) groups excluding carboxylic acids is 1. The van der Waals surface area contributed by atoms with Gasteiger partial charge in [-0.1, -0.05) is 20.8 Å².